The molecule has 1 N–H and O–H groups in total. The summed E-state index contributed by atoms with van der Waals surface area (Å²) in [5.41, 5.74) is -0.879. The van der Waals surface area contributed by atoms with Gasteiger partial charge in [-0.25, -0.2) is 0 Å². The fourth-order valence-electron chi connectivity index (χ4n) is 0.926. The first-order valence-electron chi connectivity index (χ1n) is 3.78. The number of rotatable bonds is 3. The Kier molecular flexibility index (Phi) is 2.04. The molecule has 0 bridgehead atoms. The molecule has 1 rings (SSSR count). The summed E-state index contributed by atoms with van der Waals surface area (Å²) in [7, 11) is 0. The Morgan fingerprint density at radius 3 is 2.60 bits per heavy atom. The van der Waals surface area contributed by atoms with Crippen LogP contribution in [0.1, 0.15) is 26.7 Å². The van der Waals surface area contributed by atoms with E-state index >= 15 is 0 Å². The largest absolute Gasteiger partial charge is 0.368 e. The van der Waals surface area contributed by atoms with Crippen molar-refractivity contribution in [1.82, 2.24) is 0 Å². The molecule has 3 heteroatoms. The van der Waals surface area contributed by atoms with E-state index in [0.717, 1.165) is 12.8 Å². The first-order chi connectivity index (χ1) is 4.67. The molecule has 1 aliphatic rings. The van der Waals surface area contributed by atoms with E-state index in [1.807, 2.05) is 6.92 Å². The molecule has 1 saturated carbocycles. The molecule has 1 atom stereocenters. The van der Waals surface area contributed by atoms with Crippen LogP contribution in [0.4, 0.5) is 0 Å². The highest BCUT2D eigenvalue weighted by Gasteiger charge is 2.40. The minimum absolute atomic E-state index is 0.364. The van der Waals surface area contributed by atoms with E-state index in [0.29, 0.717) is 12.5 Å². The minimum Gasteiger partial charge on any atom is -0.368 e. The lowest BCUT2D eigenvalue weighted by atomic mass is 10.2. The zero-order chi connectivity index (χ0) is 7.61. The maximum Gasteiger partial charge on any atom is 0.176 e. The van der Waals surface area contributed by atoms with Crippen LogP contribution in [-0.2, 0) is 0 Å². The lowest BCUT2D eigenvalue weighted by Crippen LogP contribution is -2.22. The number of nitrogens with zero attached hydrogens (tertiary/aromatic N) is 2. The average Bonchev–Trinajstić information content (AvgIpc) is 2.64. The van der Waals surface area contributed by atoms with Crippen molar-refractivity contribution in [2.75, 3.05) is 6.54 Å². The molecule has 0 aromatic carbocycles. The van der Waals surface area contributed by atoms with Gasteiger partial charge in [-0.1, -0.05) is 0 Å². The Morgan fingerprint density at radius 2 is 2.20 bits per heavy atom. The molecule has 1 fully saturated rings. The van der Waals surface area contributed by atoms with E-state index in [1.54, 1.807) is 6.92 Å². The van der Waals surface area contributed by atoms with Gasteiger partial charge < -0.3 is 5.11 Å². The molecular formula is C7H14N2O. The van der Waals surface area contributed by atoms with Crippen LogP contribution in [0.3, 0.4) is 0 Å². The molecule has 0 aliphatic heterocycles. The lowest BCUT2D eigenvalue weighted by Gasteiger charge is -2.14. The fourth-order valence-corrected chi connectivity index (χ4v) is 0.926. The molecule has 10 heavy (non-hydrogen) atoms. The van der Waals surface area contributed by atoms with E-state index < -0.39 is 5.72 Å². The SMILES string of the molecule is CCN=NC(C)(O)C1CC1. The molecule has 0 amide bonds. The highest BCUT2D eigenvalue weighted by atomic mass is 16.3. The Labute approximate surface area is 61.2 Å². The van der Waals surface area contributed by atoms with E-state index in [9.17, 15) is 5.11 Å². The van der Waals surface area contributed by atoms with E-state index in [-0.39, 0.29) is 0 Å². The third kappa shape index (κ3) is 1.77. The van der Waals surface area contributed by atoms with Gasteiger partial charge >= 0.3 is 0 Å². The highest BCUT2D eigenvalue weighted by molar-refractivity contribution is 4.88. The summed E-state index contributed by atoms with van der Waals surface area (Å²) in [6.45, 7) is 4.29. The molecular weight excluding hydrogens is 128 g/mol. The predicted molar refractivity (Wildman–Crippen MR) is 38.7 cm³/mol. The molecule has 3 nitrogen and oxygen atoms in total. The van der Waals surface area contributed by atoms with Crippen LogP contribution in [0, 0.1) is 5.92 Å². The van der Waals surface area contributed by atoms with E-state index in [2.05, 4.69) is 10.2 Å². The number of hydrogen-bond acceptors (Lipinski definition) is 3. The first-order valence-corrected chi connectivity index (χ1v) is 3.78. The summed E-state index contributed by atoms with van der Waals surface area (Å²) < 4.78 is 0. The van der Waals surface area contributed by atoms with Gasteiger partial charge in [-0.05, 0) is 26.7 Å². The van der Waals surface area contributed by atoms with Gasteiger partial charge in [-0.3, -0.25) is 0 Å². The second kappa shape index (κ2) is 2.66. The summed E-state index contributed by atoms with van der Waals surface area (Å²) in [5, 5.41) is 17.1. The fraction of sp³-hybridized carbons (Fsp3) is 1.00. The van der Waals surface area contributed by atoms with Crippen molar-refractivity contribution in [1.29, 1.82) is 0 Å². The normalized spacial score (nSPS) is 25.1. The van der Waals surface area contributed by atoms with Crippen LogP contribution in [0.25, 0.3) is 0 Å². The van der Waals surface area contributed by atoms with E-state index in [1.165, 1.54) is 0 Å². The monoisotopic (exact) mass is 142 g/mol. The van der Waals surface area contributed by atoms with Crippen molar-refractivity contribution < 1.29 is 5.11 Å². The van der Waals surface area contributed by atoms with Crippen LogP contribution in [0.15, 0.2) is 10.2 Å². The first kappa shape index (κ1) is 7.66. The molecule has 0 radical (unpaired) electrons. The second-order valence-electron chi connectivity index (χ2n) is 2.93. The zero-order valence-corrected chi connectivity index (χ0v) is 6.54. The molecule has 0 spiro atoms. The van der Waals surface area contributed by atoms with Gasteiger partial charge in [-0.15, -0.1) is 0 Å². The Bertz CT molecular complexity index is 139. The molecule has 58 valence electrons. The van der Waals surface area contributed by atoms with Gasteiger partial charge in [0.15, 0.2) is 5.72 Å². The third-order valence-corrected chi connectivity index (χ3v) is 1.77. The molecule has 0 aromatic heterocycles. The van der Waals surface area contributed by atoms with Crippen molar-refractivity contribution in [3.05, 3.63) is 0 Å². The van der Waals surface area contributed by atoms with Crippen molar-refractivity contribution in [3.8, 4) is 0 Å². The zero-order valence-electron chi connectivity index (χ0n) is 6.54. The summed E-state index contributed by atoms with van der Waals surface area (Å²) in [5.74, 6) is 0.364. The molecule has 0 aromatic rings. The van der Waals surface area contributed by atoms with Gasteiger partial charge in [0.05, 0.1) is 6.54 Å². The van der Waals surface area contributed by atoms with Crippen molar-refractivity contribution >= 4 is 0 Å². The Hall–Kier alpha value is -0.440. The topological polar surface area (TPSA) is 45.0 Å². The van der Waals surface area contributed by atoms with Crippen molar-refractivity contribution in [2.24, 2.45) is 16.1 Å². The average molecular weight is 142 g/mol. The number of hydrogen-bond donors (Lipinski definition) is 1. The third-order valence-electron chi connectivity index (χ3n) is 1.77. The summed E-state index contributed by atoms with van der Waals surface area (Å²) in [6.07, 6.45) is 2.19. The summed E-state index contributed by atoms with van der Waals surface area (Å²) >= 11 is 0. The maximum atomic E-state index is 9.52. The van der Waals surface area contributed by atoms with Gasteiger partial charge in [0.1, 0.15) is 0 Å². The molecule has 0 saturated heterocycles. The molecule has 1 aliphatic carbocycles. The molecule has 0 heterocycles. The number of azo groups is 1. The smallest absolute Gasteiger partial charge is 0.176 e. The Balaban J connectivity index is 2.41. The quantitative estimate of drug-likeness (QED) is 0.597. The van der Waals surface area contributed by atoms with E-state index in [4.69, 9.17) is 0 Å². The van der Waals surface area contributed by atoms with Crippen LogP contribution >= 0.6 is 0 Å². The van der Waals surface area contributed by atoms with Crippen molar-refractivity contribution in [2.45, 2.75) is 32.4 Å². The standard InChI is InChI=1S/C7H14N2O/c1-3-8-9-7(2,10)6-4-5-6/h6,10H,3-5H2,1-2H3. The summed E-state index contributed by atoms with van der Waals surface area (Å²) in [4.78, 5) is 0. The van der Waals surface area contributed by atoms with Gasteiger partial charge in [0, 0.05) is 5.92 Å². The maximum absolute atomic E-state index is 9.52. The van der Waals surface area contributed by atoms with Crippen LogP contribution < -0.4 is 0 Å². The van der Waals surface area contributed by atoms with Gasteiger partial charge in [0.2, 0.25) is 0 Å². The predicted octanol–water partition coefficient (Wildman–Crippen LogP) is 1.58. The van der Waals surface area contributed by atoms with Crippen molar-refractivity contribution in [3.63, 3.8) is 0 Å². The second-order valence-corrected chi connectivity index (χ2v) is 2.93. The Morgan fingerprint density at radius 1 is 1.60 bits per heavy atom. The van der Waals surface area contributed by atoms with Crippen LogP contribution in [0.2, 0.25) is 0 Å². The van der Waals surface area contributed by atoms with Gasteiger partial charge in [-0.2, -0.15) is 10.2 Å². The molecule has 1 unspecified atom stereocenters. The number of aliphatic hydroxyl groups is 1. The minimum atomic E-state index is -0.879. The van der Waals surface area contributed by atoms with Crippen LogP contribution in [0.5, 0.6) is 0 Å². The highest BCUT2D eigenvalue weighted by Crippen LogP contribution is 2.40. The lowest BCUT2D eigenvalue weighted by molar-refractivity contribution is 0.0381. The van der Waals surface area contributed by atoms with Crippen LogP contribution in [-0.4, -0.2) is 17.4 Å². The summed E-state index contributed by atoms with van der Waals surface area (Å²) in [6, 6.07) is 0. The van der Waals surface area contributed by atoms with Gasteiger partial charge in [0.25, 0.3) is 0 Å².